The second-order valence-corrected chi connectivity index (χ2v) is 6.38. The summed E-state index contributed by atoms with van der Waals surface area (Å²) >= 11 is 6.66. The SMILES string of the molecule is Cn1cc(/C=C2/SC(=S)N(Cc3ccccc3)C2=O)cn1. The van der Waals surface area contributed by atoms with E-state index in [9.17, 15) is 4.79 Å². The van der Waals surface area contributed by atoms with Gasteiger partial charge in [0, 0.05) is 18.8 Å². The fourth-order valence-corrected chi connectivity index (χ4v) is 3.32. The molecule has 3 rings (SSSR count). The number of hydrogen-bond donors (Lipinski definition) is 0. The van der Waals surface area contributed by atoms with Crippen molar-refractivity contribution in [2.45, 2.75) is 6.54 Å². The molecule has 1 aromatic heterocycles. The second kappa shape index (κ2) is 5.83. The van der Waals surface area contributed by atoms with Crippen LogP contribution in [0.3, 0.4) is 0 Å². The average molecular weight is 315 g/mol. The summed E-state index contributed by atoms with van der Waals surface area (Å²) in [4.78, 5) is 14.7. The maximum Gasteiger partial charge on any atom is 0.266 e. The van der Waals surface area contributed by atoms with E-state index < -0.39 is 0 Å². The first-order valence-corrected chi connectivity index (χ1v) is 7.64. The van der Waals surface area contributed by atoms with Gasteiger partial charge in [0.05, 0.1) is 17.6 Å². The first-order chi connectivity index (χ1) is 10.1. The van der Waals surface area contributed by atoms with Crippen LogP contribution in [0.25, 0.3) is 6.08 Å². The summed E-state index contributed by atoms with van der Waals surface area (Å²) in [7, 11) is 1.85. The lowest BCUT2D eigenvalue weighted by molar-refractivity contribution is -0.122. The summed E-state index contributed by atoms with van der Waals surface area (Å²) in [5.41, 5.74) is 1.97. The lowest BCUT2D eigenvalue weighted by Crippen LogP contribution is -2.27. The molecule has 1 saturated heterocycles. The Morgan fingerprint density at radius 2 is 2.10 bits per heavy atom. The number of hydrogen-bond acceptors (Lipinski definition) is 4. The molecular formula is C15H13N3OS2. The number of amides is 1. The maximum atomic E-state index is 12.5. The first kappa shape index (κ1) is 14.0. The monoisotopic (exact) mass is 315 g/mol. The van der Waals surface area contributed by atoms with Crippen molar-refractivity contribution in [3.05, 3.63) is 58.8 Å². The van der Waals surface area contributed by atoms with Gasteiger partial charge in [-0.3, -0.25) is 14.4 Å². The van der Waals surface area contributed by atoms with Crippen molar-refractivity contribution in [2.75, 3.05) is 0 Å². The second-order valence-electron chi connectivity index (χ2n) is 4.70. The van der Waals surface area contributed by atoms with E-state index in [-0.39, 0.29) is 5.91 Å². The number of thioether (sulfide) groups is 1. The molecule has 1 aromatic carbocycles. The van der Waals surface area contributed by atoms with Gasteiger partial charge in [0.15, 0.2) is 0 Å². The Bertz CT molecular complexity index is 722. The molecule has 1 aliphatic heterocycles. The molecule has 106 valence electrons. The predicted molar refractivity (Wildman–Crippen MR) is 88.4 cm³/mol. The Balaban J connectivity index is 1.81. The van der Waals surface area contributed by atoms with E-state index in [4.69, 9.17) is 12.2 Å². The molecule has 0 N–H and O–H groups in total. The highest BCUT2D eigenvalue weighted by atomic mass is 32.2. The Kier molecular flexibility index (Phi) is 3.90. The number of nitrogens with zero attached hydrogens (tertiary/aromatic N) is 3. The number of rotatable bonds is 3. The summed E-state index contributed by atoms with van der Waals surface area (Å²) < 4.78 is 2.30. The van der Waals surface area contributed by atoms with Gasteiger partial charge >= 0.3 is 0 Å². The fourth-order valence-electron chi connectivity index (χ4n) is 2.07. The Labute approximate surface area is 132 Å². The van der Waals surface area contributed by atoms with Crippen LogP contribution in [0.15, 0.2) is 47.6 Å². The third-order valence-corrected chi connectivity index (χ3v) is 4.46. The van der Waals surface area contributed by atoms with Crippen LogP contribution in [0.5, 0.6) is 0 Å². The van der Waals surface area contributed by atoms with Crippen molar-refractivity contribution in [2.24, 2.45) is 7.05 Å². The van der Waals surface area contributed by atoms with Crippen LogP contribution in [0.2, 0.25) is 0 Å². The van der Waals surface area contributed by atoms with Gasteiger partial charge < -0.3 is 0 Å². The van der Waals surface area contributed by atoms with Gasteiger partial charge in [-0.25, -0.2) is 0 Å². The van der Waals surface area contributed by atoms with Crippen LogP contribution in [0.4, 0.5) is 0 Å². The van der Waals surface area contributed by atoms with Gasteiger partial charge in [-0.05, 0) is 11.6 Å². The van der Waals surface area contributed by atoms with Crippen molar-refractivity contribution in [1.82, 2.24) is 14.7 Å². The van der Waals surface area contributed by atoms with Crippen molar-refractivity contribution >= 4 is 40.3 Å². The normalized spacial score (nSPS) is 17.0. The highest BCUT2D eigenvalue weighted by molar-refractivity contribution is 8.26. The summed E-state index contributed by atoms with van der Waals surface area (Å²) in [5, 5.41) is 4.09. The van der Waals surface area contributed by atoms with E-state index in [1.165, 1.54) is 11.8 Å². The first-order valence-electron chi connectivity index (χ1n) is 6.41. The van der Waals surface area contributed by atoms with E-state index in [0.29, 0.717) is 15.8 Å². The van der Waals surface area contributed by atoms with Gasteiger partial charge in [0.1, 0.15) is 4.32 Å². The molecule has 0 aliphatic carbocycles. The minimum absolute atomic E-state index is 0.0438. The van der Waals surface area contributed by atoms with Crippen LogP contribution in [-0.2, 0) is 18.4 Å². The van der Waals surface area contributed by atoms with Crippen molar-refractivity contribution in [3.8, 4) is 0 Å². The molecule has 21 heavy (non-hydrogen) atoms. The Hall–Kier alpha value is -1.92. The predicted octanol–water partition coefficient (Wildman–Crippen LogP) is 2.82. The van der Waals surface area contributed by atoms with Crippen molar-refractivity contribution in [3.63, 3.8) is 0 Å². The van der Waals surface area contributed by atoms with Crippen LogP contribution >= 0.6 is 24.0 Å². The molecule has 0 atom stereocenters. The largest absolute Gasteiger partial charge is 0.288 e. The minimum atomic E-state index is -0.0438. The summed E-state index contributed by atoms with van der Waals surface area (Å²) in [6.45, 7) is 0.510. The average Bonchev–Trinajstić information content (AvgIpc) is 2.99. The molecular weight excluding hydrogens is 302 g/mol. The van der Waals surface area contributed by atoms with E-state index in [2.05, 4.69) is 5.10 Å². The highest BCUT2D eigenvalue weighted by Gasteiger charge is 2.31. The molecule has 1 amide bonds. The molecule has 0 unspecified atom stereocenters. The molecule has 1 fully saturated rings. The molecule has 0 saturated carbocycles. The van der Waals surface area contributed by atoms with E-state index in [1.807, 2.05) is 49.7 Å². The molecule has 2 aromatic rings. The molecule has 1 aliphatic rings. The third kappa shape index (κ3) is 3.06. The molecule has 0 spiro atoms. The minimum Gasteiger partial charge on any atom is -0.288 e. The van der Waals surface area contributed by atoms with Gasteiger partial charge in [0.2, 0.25) is 0 Å². The lowest BCUT2D eigenvalue weighted by Gasteiger charge is -2.14. The lowest BCUT2D eigenvalue weighted by atomic mass is 10.2. The van der Waals surface area contributed by atoms with Crippen LogP contribution in [-0.4, -0.2) is 24.9 Å². The standard InChI is InChI=1S/C15H13N3OS2/c1-17-9-12(8-16-17)7-13-14(19)18(15(20)21-13)10-11-5-3-2-4-6-11/h2-9H,10H2,1H3/b13-7+. The van der Waals surface area contributed by atoms with Gasteiger partial charge in [-0.2, -0.15) is 5.10 Å². The fraction of sp³-hybridized carbons (Fsp3) is 0.133. The zero-order valence-corrected chi connectivity index (χ0v) is 13.0. The number of benzene rings is 1. The quantitative estimate of drug-likeness (QED) is 0.645. The van der Waals surface area contributed by atoms with Gasteiger partial charge in [0.25, 0.3) is 5.91 Å². The number of carbonyl (C=O) groups is 1. The smallest absolute Gasteiger partial charge is 0.266 e. The molecule has 4 nitrogen and oxygen atoms in total. The van der Waals surface area contributed by atoms with Crippen LogP contribution in [0, 0.1) is 0 Å². The number of carbonyl (C=O) groups excluding carboxylic acids is 1. The molecule has 2 heterocycles. The maximum absolute atomic E-state index is 12.5. The summed E-state index contributed by atoms with van der Waals surface area (Å²) in [6.07, 6.45) is 5.42. The molecule has 0 radical (unpaired) electrons. The van der Waals surface area contributed by atoms with E-state index in [1.54, 1.807) is 15.8 Å². The van der Waals surface area contributed by atoms with E-state index >= 15 is 0 Å². The summed E-state index contributed by atoms with van der Waals surface area (Å²) in [6, 6.07) is 9.85. The van der Waals surface area contributed by atoms with Gasteiger partial charge in [-0.1, -0.05) is 54.3 Å². The number of aryl methyl sites for hydroxylation is 1. The summed E-state index contributed by atoms with van der Waals surface area (Å²) in [5.74, 6) is -0.0438. The zero-order chi connectivity index (χ0) is 14.8. The third-order valence-electron chi connectivity index (χ3n) is 3.08. The highest BCUT2D eigenvalue weighted by Crippen LogP contribution is 2.33. The van der Waals surface area contributed by atoms with E-state index in [0.717, 1.165) is 11.1 Å². The Morgan fingerprint density at radius 1 is 1.33 bits per heavy atom. The zero-order valence-electron chi connectivity index (χ0n) is 11.4. The molecule has 6 heteroatoms. The number of aromatic nitrogens is 2. The van der Waals surface area contributed by atoms with Gasteiger partial charge in [-0.15, -0.1) is 0 Å². The van der Waals surface area contributed by atoms with Crippen molar-refractivity contribution in [1.29, 1.82) is 0 Å². The Morgan fingerprint density at radius 3 is 2.76 bits per heavy atom. The van der Waals surface area contributed by atoms with Crippen LogP contribution < -0.4 is 0 Å². The van der Waals surface area contributed by atoms with Crippen LogP contribution in [0.1, 0.15) is 11.1 Å². The molecule has 0 bridgehead atoms. The number of thiocarbonyl (C=S) groups is 1. The topological polar surface area (TPSA) is 38.1 Å². The van der Waals surface area contributed by atoms with Crippen molar-refractivity contribution < 1.29 is 4.79 Å².